The quantitative estimate of drug-likeness (QED) is 0.376. The monoisotopic (exact) mass is 504 g/mol. The lowest BCUT2D eigenvalue weighted by Crippen LogP contribution is -2.47. The molecule has 0 atom stereocenters. The lowest BCUT2D eigenvalue weighted by atomic mass is 10.2. The number of rotatable bonds is 11. The largest absolute Gasteiger partial charge is 0.490 e. The molecule has 0 radical (unpaired) electrons. The third kappa shape index (κ3) is 7.18. The molecule has 0 spiro atoms. The topological polar surface area (TPSA) is 101 Å². The predicted octanol–water partition coefficient (Wildman–Crippen LogP) is 3.91. The van der Waals surface area contributed by atoms with Gasteiger partial charge < -0.3 is 29.7 Å². The first-order valence-electron chi connectivity index (χ1n) is 12.0. The van der Waals surface area contributed by atoms with Gasteiger partial charge in [0, 0.05) is 63.0 Å². The molecule has 0 aliphatic carbocycles. The summed E-state index contributed by atoms with van der Waals surface area (Å²) in [6.45, 7) is 9.21. The Kier molecular flexibility index (Phi) is 8.90. The molecule has 0 unspecified atom stereocenters. The number of hydrogen-bond acceptors (Lipinski definition) is 9. The van der Waals surface area contributed by atoms with Crippen LogP contribution in [0.15, 0.2) is 67.4 Å². The minimum absolute atomic E-state index is 0.246. The molecule has 0 bridgehead atoms. The Labute approximate surface area is 216 Å². The molecule has 3 aromatic rings. The maximum atomic E-state index is 11.6. The van der Waals surface area contributed by atoms with E-state index in [0.29, 0.717) is 23.1 Å². The second kappa shape index (κ2) is 12.7. The number of methoxy groups -OCH3 is 2. The van der Waals surface area contributed by atoms with Crippen molar-refractivity contribution in [1.29, 1.82) is 0 Å². The van der Waals surface area contributed by atoms with Crippen LogP contribution in [0.5, 0.6) is 17.4 Å². The van der Waals surface area contributed by atoms with E-state index in [9.17, 15) is 4.79 Å². The van der Waals surface area contributed by atoms with Gasteiger partial charge in [-0.3, -0.25) is 9.69 Å². The molecule has 0 saturated carbocycles. The van der Waals surface area contributed by atoms with E-state index < -0.39 is 0 Å². The van der Waals surface area contributed by atoms with Crippen molar-refractivity contribution in [3.63, 3.8) is 0 Å². The van der Waals surface area contributed by atoms with Gasteiger partial charge in [-0.1, -0.05) is 12.6 Å². The van der Waals surface area contributed by atoms with Gasteiger partial charge in [-0.05, 0) is 42.5 Å². The SMILES string of the molecule is C=CC(=O)Nc1cccc(Oc2nc(Nc3ccc(N4CCN(CCOC)CC4)cc3)ncc2OC)c1. The minimum Gasteiger partial charge on any atom is -0.490 e. The zero-order valence-corrected chi connectivity index (χ0v) is 21.1. The van der Waals surface area contributed by atoms with Gasteiger partial charge in [-0.25, -0.2) is 4.98 Å². The van der Waals surface area contributed by atoms with Crippen molar-refractivity contribution < 1.29 is 19.0 Å². The van der Waals surface area contributed by atoms with Crippen molar-refractivity contribution in [1.82, 2.24) is 14.9 Å². The van der Waals surface area contributed by atoms with Crippen LogP contribution in [-0.4, -0.2) is 74.3 Å². The highest BCUT2D eigenvalue weighted by molar-refractivity contribution is 5.98. The van der Waals surface area contributed by atoms with Gasteiger partial charge in [0.1, 0.15) is 5.75 Å². The van der Waals surface area contributed by atoms with Gasteiger partial charge in [0.15, 0.2) is 5.75 Å². The second-order valence-electron chi connectivity index (χ2n) is 8.38. The molecule has 1 fully saturated rings. The maximum absolute atomic E-state index is 11.6. The maximum Gasteiger partial charge on any atom is 0.267 e. The lowest BCUT2D eigenvalue weighted by molar-refractivity contribution is -0.111. The van der Waals surface area contributed by atoms with Crippen LogP contribution in [-0.2, 0) is 9.53 Å². The Hall–Kier alpha value is -4.15. The molecule has 194 valence electrons. The number of hydrogen-bond donors (Lipinski definition) is 2. The van der Waals surface area contributed by atoms with E-state index in [1.165, 1.54) is 18.9 Å². The summed E-state index contributed by atoms with van der Waals surface area (Å²) in [6.07, 6.45) is 2.75. The van der Waals surface area contributed by atoms with Crippen LogP contribution in [0, 0.1) is 0 Å². The van der Waals surface area contributed by atoms with E-state index in [0.717, 1.165) is 45.0 Å². The van der Waals surface area contributed by atoms with Crippen molar-refractivity contribution in [3.8, 4) is 17.4 Å². The van der Waals surface area contributed by atoms with E-state index in [-0.39, 0.29) is 11.8 Å². The highest BCUT2D eigenvalue weighted by Gasteiger charge is 2.17. The average molecular weight is 505 g/mol. The summed E-state index contributed by atoms with van der Waals surface area (Å²) in [5.41, 5.74) is 2.61. The third-order valence-electron chi connectivity index (χ3n) is 5.92. The number of piperazine rings is 1. The van der Waals surface area contributed by atoms with Crippen LogP contribution >= 0.6 is 0 Å². The molecule has 10 nitrogen and oxygen atoms in total. The number of anilines is 4. The highest BCUT2D eigenvalue weighted by Crippen LogP contribution is 2.31. The number of aromatic nitrogens is 2. The molecule has 37 heavy (non-hydrogen) atoms. The van der Waals surface area contributed by atoms with Gasteiger partial charge in [-0.2, -0.15) is 4.98 Å². The van der Waals surface area contributed by atoms with E-state index in [4.69, 9.17) is 14.2 Å². The Morgan fingerprint density at radius 2 is 1.86 bits per heavy atom. The number of carbonyl (C=O) groups excluding carboxylic acids is 1. The summed E-state index contributed by atoms with van der Waals surface area (Å²) in [4.78, 5) is 25.2. The van der Waals surface area contributed by atoms with Crippen molar-refractivity contribution in [2.75, 3.05) is 69.1 Å². The van der Waals surface area contributed by atoms with Crippen molar-refractivity contribution in [2.24, 2.45) is 0 Å². The van der Waals surface area contributed by atoms with Crippen molar-refractivity contribution in [3.05, 3.63) is 67.4 Å². The molecule has 1 aromatic heterocycles. The standard InChI is InChI=1S/C27H32N6O4/c1-4-25(34)29-21-6-5-7-23(18-21)37-26-24(36-3)19-28-27(31-26)30-20-8-10-22(11-9-20)33-14-12-32(13-15-33)16-17-35-2/h4-11,18-19H,1,12-17H2,2-3H3,(H,29,34)(H,28,30,31). The number of benzene rings is 2. The van der Waals surface area contributed by atoms with Crippen LogP contribution in [0.2, 0.25) is 0 Å². The molecule has 1 amide bonds. The lowest BCUT2D eigenvalue weighted by Gasteiger charge is -2.36. The predicted molar refractivity (Wildman–Crippen MR) is 144 cm³/mol. The van der Waals surface area contributed by atoms with Crippen molar-refractivity contribution >= 4 is 28.9 Å². The fourth-order valence-corrected chi connectivity index (χ4v) is 3.91. The van der Waals surface area contributed by atoms with Crippen LogP contribution in [0.4, 0.5) is 23.0 Å². The summed E-state index contributed by atoms with van der Waals surface area (Å²) in [7, 11) is 3.26. The Balaban J connectivity index is 1.40. The van der Waals surface area contributed by atoms with Gasteiger partial charge >= 0.3 is 0 Å². The van der Waals surface area contributed by atoms with Crippen LogP contribution < -0.4 is 25.0 Å². The molecular weight excluding hydrogens is 472 g/mol. The first-order chi connectivity index (χ1) is 18.1. The summed E-state index contributed by atoms with van der Waals surface area (Å²) < 4.78 is 16.5. The Morgan fingerprint density at radius 1 is 1.08 bits per heavy atom. The number of nitrogens with one attached hydrogen (secondary N) is 2. The third-order valence-corrected chi connectivity index (χ3v) is 5.92. The number of carbonyl (C=O) groups is 1. The summed E-state index contributed by atoms with van der Waals surface area (Å²) in [6, 6.07) is 15.2. The molecule has 1 saturated heterocycles. The van der Waals surface area contributed by atoms with E-state index in [1.807, 2.05) is 12.1 Å². The fourth-order valence-electron chi connectivity index (χ4n) is 3.91. The smallest absolute Gasteiger partial charge is 0.267 e. The molecule has 1 aliphatic rings. The van der Waals surface area contributed by atoms with E-state index >= 15 is 0 Å². The number of ether oxygens (including phenoxy) is 3. The van der Waals surface area contributed by atoms with Gasteiger partial charge in [0.05, 0.1) is 19.9 Å². The Bertz CT molecular complexity index is 1200. The van der Waals surface area contributed by atoms with E-state index in [2.05, 4.69) is 49.1 Å². The molecule has 2 heterocycles. The van der Waals surface area contributed by atoms with Crippen LogP contribution in [0.25, 0.3) is 0 Å². The number of amides is 1. The summed E-state index contributed by atoms with van der Waals surface area (Å²) >= 11 is 0. The molecule has 4 rings (SSSR count). The molecular formula is C27H32N6O4. The first kappa shape index (κ1) is 25.9. The summed E-state index contributed by atoms with van der Waals surface area (Å²) in [5.74, 6) is 1.17. The molecule has 1 aliphatic heterocycles. The zero-order valence-electron chi connectivity index (χ0n) is 21.1. The molecule has 10 heteroatoms. The minimum atomic E-state index is -0.307. The average Bonchev–Trinajstić information content (AvgIpc) is 2.93. The first-order valence-corrected chi connectivity index (χ1v) is 12.0. The zero-order chi connectivity index (χ0) is 26.0. The summed E-state index contributed by atoms with van der Waals surface area (Å²) in [5, 5.41) is 5.92. The van der Waals surface area contributed by atoms with Gasteiger partial charge in [0.25, 0.3) is 5.88 Å². The normalized spacial score (nSPS) is 13.6. The van der Waals surface area contributed by atoms with Crippen LogP contribution in [0.1, 0.15) is 0 Å². The van der Waals surface area contributed by atoms with Gasteiger partial charge in [-0.15, -0.1) is 0 Å². The molecule has 2 aromatic carbocycles. The van der Waals surface area contributed by atoms with E-state index in [1.54, 1.807) is 37.6 Å². The highest BCUT2D eigenvalue weighted by atomic mass is 16.5. The Morgan fingerprint density at radius 3 is 2.57 bits per heavy atom. The fraction of sp³-hybridized carbons (Fsp3) is 0.296. The number of nitrogens with zero attached hydrogens (tertiary/aromatic N) is 4. The second-order valence-corrected chi connectivity index (χ2v) is 8.38. The van der Waals surface area contributed by atoms with Gasteiger partial charge in [0.2, 0.25) is 11.9 Å². The van der Waals surface area contributed by atoms with Crippen molar-refractivity contribution in [2.45, 2.75) is 0 Å². The molecule has 2 N–H and O–H groups in total. The van der Waals surface area contributed by atoms with Crippen LogP contribution in [0.3, 0.4) is 0 Å².